The molecule has 2 aliphatic rings. The number of carbonyl (C=O) groups is 1. The maximum absolute atomic E-state index is 12.3. The second kappa shape index (κ2) is 5.40. The Labute approximate surface area is 141 Å². The van der Waals surface area contributed by atoms with E-state index >= 15 is 0 Å². The van der Waals surface area contributed by atoms with E-state index in [9.17, 15) is 4.79 Å². The monoisotopic (exact) mass is 424 g/mol. The van der Waals surface area contributed by atoms with Crippen molar-refractivity contribution in [1.29, 1.82) is 0 Å². The van der Waals surface area contributed by atoms with Crippen molar-refractivity contribution >= 4 is 36.7 Å². The van der Waals surface area contributed by atoms with E-state index in [-0.39, 0.29) is 23.0 Å². The molecule has 0 aromatic rings. The summed E-state index contributed by atoms with van der Waals surface area (Å²) in [6.45, 7) is 14.7. The number of ketones is 1. The number of hydrogen-bond acceptors (Lipinski definition) is 4. The molecule has 0 aromatic carbocycles. The summed E-state index contributed by atoms with van der Waals surface area (Å²) in [5.74, 6) is -0.740. The number of ether oxygens (including phenoxy) is 2. The van der Waals surface area contributed by atoms with Gasteiger partial charge in [-0.2, -0.15) is 0 Å². The van der Waals surface area contributed by atoms with Crippen LogP contribution in [0.5, 0.6) is 0 Å². The quantitative estimate of drug-likeness (QED) is 0.500. The molecule has 0 aromatic heterocycles. The van der Waals surface area contributed by atoms with Gasteiger partial charge in [-0.15, -0.1) is 0 Å². The van der Waals surface area contributed by atoms with Crippen LogP contribution in [0.25, 0.3) is 0 Å². The van der Waals surface area contributed by atoms with Gasteiger partial charge in [0.2, 0.25) is 0 Å². The summed E-state index contributed by atoms with van der Waals surface area (Å²) in [5, 5.41) is 0.109. The van der Waals surface area contributed by atoms with E-state index in [0.717, 1.165) is 0 Å². The lowest BCUT2D eigenvalue weighted by Crippen LogP contribution is -2.51. The van der Waals surface area contributed by atoms with Crippen LogP contribution in [0.3, 0.4) is 0 Å². The van der Waals surface area contributed by atoms with Gasteiger partial charge in [-0.05, 0) is 60.6 Å². The van der Waals surface area contributed by atoms with E-state index < -0.39 is 20.2 Å². The van der Waals surface area contributed by atoms with Crippen LogP contribution in [0.4, 0.5) is 0 Å². The molecule has 1 aliphatic carbocycles. The van der Waals surface area contributed by atoms with Crippen LogP contribution in [0.15, 0.2) is 9.66 Å². The fourth-order valence-electron chi connectivity index (χ4n) is 2.31. The molecule has 21 heavy (non-hydrogen) atoms. The lowest BCUT2D eigenvalue weighted by atomic mass is 9.98. The third kappa shape index (κ3) is 3.44. The summed E-state index contributed by atoms with van der Waals surface area (Å²) in [6.07, 6.45) is 0.782. The molecule has 0 unspecified atom stereocenters. The summed E-state index contributed by atoms with van der Waals surface area (Å²) in [7, 11) is -1.94. The van der Waals surface area contributed by atoms with Gasteiger partial charge in [0.05, 0.1) is 9.68 Å². The molecule has 1 aliphatic heterocycles. The fourth-order valence-corrected chi connectivity index (χ4v) is 4.20. The van der Waals surface area contributed by atoms with Gasteiger partial charge in [0.25, 0.3) is 0 Å². The molecule has 4 nitrogen and oxygen atoms in total. The van der Waals surface area contributed by atoms with Crippen LogP contribution in [-0.2, 0) is 18.7 Å². The average molecular weight is 424 g/mol. The van der Waals surface area contributed by atoms with Crippen molar-refractivity contribution < 1.29 is 18.7 Å². The molecule has 0 spiro atoms. The lowest BCUT2D eigenvalue weighted by Gasteiger charge is -2.41. The number of carbonyl (C=O) groups excluding carboxylic acids is 1. The summed E-state index contributed by atoms with van der Waals surface area (Å²) >= 11 is 2.07. The minimum atomic E-state index is -1.94. The molecule has 3 atom stereocenters. The first-order valence-electron chi connectivity index (χ1n) is 7.29. The Hall–Kier alpha value is 0.237. The molecule has 2 rings (SSSR count). The summed E-state index contributed by atoms with van der Waals surface area (Å²) in [5.41, 5.74) is 0. The van der Waals surface area contributed by atoms with Gasteiger partial charge in [-0.3, -0.25) is 4.79 Å². The van der Waals surface area contributed by atoms with Crippen LogP contribution in [0.1, 0.15) is 34.6 Å². The number of fused-ring (bicyclic) bond motifs is 1. The number of Topliss-reactive ketones (excluding diaryl/α,β-unsaturated/α-hetero) is 1. The topological polar surface area (TPSA) is 44.8 Å². The SMILES string of the molecule is CC1(C)O[C@@H]2[C@@H](O[Si](C)(C)C(C)(C)C)C=C(I)C(=O)[C@@H]2O1. The molecule has 0 N–H and O–H groups in total. The van der Waals surface area contributed by atoms with E-state index in [1.54, 1.807) is 0 Å². The molecule has 0 radical (unpaired) electrons. The van der Waals surface area contributed by atoms with E-state index in [1.807, 2.05) is 19.9 Å². The molecule has 120 valence electrons. The molecular formula is C15H25IO4Si. The Morgan fingerprint density at radius 2 is 1.86 bits per heavy atom. The fraction of sp³-hybridized carbons (Fsp3) is 0.800. The maximum Gasteiger partial charge on any atom is 0.200 e. The smallest absolute Gasteiger partial charge is 0.200 e. The van der Waals surface area contributed by atoms with Crippen molar-refractivity contribution in [2.24, 2.45) is 0 Å². The van der Waals surface area contributed by atoms with Crippen LogP contribution >= 0.6 is 22.6 Å². The van der Waals surface area contributed by atoms with Crippen molar-refractivity contribution in [2.75, 3.05) is 0 Å². The first-order chi connectivity index (χ1) is 9.34. The van der Waals surface area contributed by atoms with Crippen molar-refractivity contribution in [3.8, 4) is 0 Å². The number of hydrogen-bond donors (Lipinski definition) is 0. The van der Waals surface area contributed by atoms with Crippen LogP contribution in [0.2, 0.25) is 18.1 Å². The van der Waals surface area contributed by atoms with E-state index in [2.05, 4.69) is 56.5 Å². The highest BCUT2D eigenvalue weighted by Gasteiger charge is 2.53. The number of halogens is 1. The van der Waals surface area contributed by atoms with E-state index in [4.69, 9.17) is 13.9 Å². The number of rotatable bonds is 2. The van der Waals surface area contributed by atoms with E-state index in [1.165, 1.54) is 0 Å². The normalized spacial score (nSPS) is 32.9. The van der Waals surface area contributed by atoms with Gasteiger partial charge in [0.15, 0.2) is 26.0 Å². The Morgan fingerprint density at radius 3 is 2.38 bits per heavy atom. The molecule has 0 amide bonds. The van der Waals surface area contributed by atoms with Crippen molar-refractivity contribution in [3.63, 3.8) is 0 Å². The molecular weight excluding hydrogens is 399 g/mol. The Balaban J connectivity index is 2.29. The van der Waals surface area contributed by atoms with Crippen LogP contribution in [-0.4, -0.2) is 38.2 Å². The molecule has 0 saturated carbocycles. The van der Waals surface area contributed by atoms with Gasteiger partial charge in [0, 0.05) is 0 Å². The third-order valence-corrected chi connectivity index (χ3v) is 9.86. The van der Waals surface area contributed by atoms with Gasteiger partial charge in [0.1, 0.15) is 6.10 Å². The van der Waals surface area contributed by atoms with Crippen molar-refractivity contribution in [1.82, 2.24) is 0 Å². The van der Waals surface area contributed by atoms with E-state index in [0.29, 0.717) is 3.58 Å². The van der Waals surface area contributed by atoms with Gasteiger partial charge < -0.3 is 13.9 Å². The maximum atomic E-state index is 12.3. The Kier molecular flexibility index (Phi) is 4.52. The zero-order valence-electron chi connectivity index (χ0n) is 13.8. The van der Waals surface area contributed by atoms with Crippen LogP contribution in [0, 0.1) is 0 Å². The largest absolute Gasteiger partial charge is 0.408 e. The van der Waals surface area contributed by atoms with Crippen molar-refractivity contribution in [2.45, 2.75) is 76.8 Å². The second-order valence-corrected chi connectivity index (χ2v) is 13.7. The minimum Gasteiger partial charge on any atom is -0.408 e. The highest BCUT2D eigenvalue weighted by atomic mass is 127. The van der Waals surface area contributed by atoms with Gasteiger partial charge in [-0.25, -0.2) is 0 Å². The highest BCUT2D eigenvalue weighted by Crippen LogP contribution is 2.42. The second-order valence-electron chi connectivity index (χ2n) is 7.74. The predicted octanol–water partition coefficient (Wildman–Crippen LogP) is 3.80. The third-order valence-electron chi connectivity index (χ3n) is 4.49. The minimum absolute atomic E-state index is 0.00116. The Bertz CT molecular complexity index is 479. The molecule has 6 heteroatoms. The summed E-state index contributed by atoms with van der Waals surface area (Å²) in [6, 6.07) is 0. The molecule has 1 saturated heterocycles. The highest BCUT2D eigenvalue weighted by molar-refractivity contribution is 14.1. The zero-order chi connectivity index (χ0) is 16.2. The zero-order valence-corrected chi connectivity index (χ0v) is 17.0. The average Bonchev–Trinajstić information content (AvgIpc) is 2.60. The summed E-state index contributed by atoms with van der Waals surface area (Å²) in [4.78, 5) is 12.3. The Morgan fingerprint density at radius 1 is 1.29 bits per heavy atom. The first-order valence-corrected chi connectivity index (χ1v) is 11.3. The first kappa shape index (κ1) is 17.6. The van der Waals surface area contributed by atoms with Gasteiger partial charge >= 0.3 is 0 Å². The molecule has 1 heterocycles. The lowest BCUT2D eigenvalue weighted by molar-refractivity contribution is -0.155. The van der Waals surface area contributed by atoms with Crippen LogP contribution < -0.4 is 0 Å². The molecule has 1 fully saturated rings. The summed E-state index contributed by atoms with van der Waals surface area (Å²) < 4.78 is 18.9. The molecule has 0 bridgehead atoms. The predicted molar refractivity (Wildman–Crippen MR) is 93.0 cm³/mol. The standard InChI is InChI=1S/C15H25IO4Si/c1-14(2,3)21(6,7)20-10-8-9(16)11(17)13-12(10)18-15(4,5)19-13/h8,10,12-13H,1-7H3/t10-,12+,13-/m0/s1. The van der Waals surface area contributed by atoms with Crippen molar-refractivity contribution in [3.05, 3.63) is 9.66 Å². The van der Waals surface area contributed by atoms with Gasteiger partial charge in [-0.1, -0.05) is 20.8 Å².